The highest BCUT2D eigenvalue weighted by Crippen LogP contribution is 2.33. The Labute approximate surface area is 143 Å². The molecular formula is C15H16FN3O3S2. The van der Waals surface area contributed by atoms with E-state index in [1.165, 1.54) is 12.1 Å². The smallest absolute Gasteiger partial charge is 0.256 e. The average Bonchev–Trinajstić information content (AvgIpc) is 3.05. The molecule has 0 atom stereocenters. The number of benzene rings is 1. The fourth-order valence-electron chi connectivity index (χ4n) is 2.86. The number of carbonyl (C=O) groups excluding carboxylic acids is 1. The predicted molar refractivity (Wildman–Crippen MR) is 87.3 cm³/mol. The fraction of sp³-hybridized carbons (Fsp3) is 0.400. The van der Waals surface area contributed by atoms with Crippen molar-refractivity contribution >= 4 is 27.3 Å². The van der Waals surface area contributed by atoms with Crippen molar-refractivity contribution in [1.29, 1.82) is 0 Å². The Morgan fingerprint density at radius 2 is 1.96 bits per heavy atom. The first-order chi connectivity index (χ1) is 11.4. The van der Waals surface area contributed by atoms with Gasteiger partial charge in [0, 0.05) is 36.8 Å². The molecule has 2 aromatic rings. The quantitative estimate of drug-likeness (QED) is 0.828. The van der Waals surface area contributed by atoms with E-state index in [2.05, 4.69) is 9.59 Å². The number of halogens is 1. The fourth-order valence-corrected chi connectivity index (χ4v) is 4.59. The number of sulfone groups is 1. The van der Waals surface area contributed by atoms with Crippen molar-refractivity contribution in [2.75, 3.05) is 19.3 Å². The zero-order valence-electron chi connectivity index (χ0n) is 13.0. The molecule has 1 fully saturated rings. The van der Waals surface area contributed by atoms with Gasteiger partial charge in [0.15, 0.2) is 14.0 Å². The van der Waals surface area contributed by atoms with E-state index < -0.39 is 15.7 Å². The van der Waals surface area contributed by atoms with Crippen LogP contribution in [-0.2, 0) is 9.84 Å². The lowest BCUT2D eigenvalue weighted by Crippen LogP contribution is -2.38. The van der Waals surface area contributed by atoms with E-state index in [1.54, 1.807) is 17.0 Å². The van der Waals surface area contributed by atoms with E-state index in [4.69, 9.17) is 0 Å². The van der Waals surface area contributed by atoms with Gasteiger partial charge in [-0.1, -0.05) is 16.6 Å². The van der Waals surface area contributed by atoms with Gasteiger partial charge in [-0.2, -0.15) is 0 Å². The van der Waals surface area contributed by atoms with Crippen molar-refractivity contribution in [3.63, 3.8) is 0 Å². The van der Waals surface area contributed by atoms with Gasteiger partial charge in [-0.05, 0) is 25.0 Å². The second-order valence-corrected chi connectivity index (χ2v) is 8.73. The van der Waals surface area contributed by atoms with Crippen LogP contribution in [0, 0.1) is 5.82 Å². The van der Waals surface area contributed by atoms with E-state index in [0.717, 1.165) is 17.8 Å². The summed E-state index contributed by atoms with van der Waals surface area (Å²) in [6.07, 6.45) is 2.30. The maximum atomic E-state index is 13.7. The largest absolute Gasteiger partial charge is 0.339 e. The van der Waals surface area contributed by atoms with Crippen LogP contribution < -0.4 is 0 Å². The molecule has 0 spiro atoms. The number of piperidine rings is 1. The Morgan fingerprint density at radius 1 is 1.29 bits per heavy atom. The number of rotatable bonds is 3. The molecule has 0 saturated carbocycles. The van der Waals surface area contributed by atoms with Gasteiger partial charge in [0.05, 0.1) is 11.3 Å². The van der Waals surface area contributed by atoms with Crippen LogP contribution in [-0.4, -0.2) is 48.2 Å². The Morgan fingerprint density at radius 3 is 2.58 bits per heavy atom. The number of nitrogens with zero attached hydrogens (tertiary/aromatic N) is 3. The molecule has 0 N–H and O–H groups in total. The number of carbonyl (C=O) groups is 1. The van der Waals surface area contributed by atoms with E-state index in [9.17, 15) is 17.6 Å². The summed E-state index contributed by atoms with van der Waals surface area (Å²) >= 11 is 0.877. The highest BCUT2D eigenvalue weighted by Gasteiger charge is 2.31. The summed E-state index contributed by atoms with van der Waals surface area (Å²) in [6, 6.07) is 5.90. The zero-order chi connectivity index (χ0) is 17.3. The Bertz CT molecular complexity index is 858. The number of hydrogen-bond donors (Lipinski definition) is 0. The van der Waals surface area contributed by atoms with Crippen LogP contribution in [0.25, 0.3) is 0 Å². The molecule has 6 nitrogen and oxygen atoms in total. The summed E-state index contributed by atoms with van der Waals surface area (Å²) < 4.78 is 41.3. The maximum Gasteiger partial charge on any atom is 0.256 e. The van der Waals surface area contributed by atoms with Crippen LogP contribution in [0.5, 0.6) is 0 Å². The molecule has 1 aromatic carbocycles. The first-order valence-electron chi connectivity index (χ1n) is 7.44. The number of amides is 1. The Hall–Kier alpha value is -1.87. The summed E-state index contributed by atoms with van der Waals surface area (Å²) in [7, 11) is -3.35. The Balaban J connectivity index is 1.72. The predicted octanol–water partition coefficient (Wildman–Crippen LogP) is 2.10. The molecule has 0 unspecified atom stereocenters. The van der Waals surface area contributed by atoms with Crippen molar-refractivity contribution < 1.29 is 17.6 Å². The molecular weight excluding hydrogens is 353 g/mol. The van der Waals surface area contributed by atoms with Crippen molar-refractivity contribution in [1.82, 2.24) is 14.5 Å². The number of likely N-dealkylation sites (tertiary alicyclic amines) is 1. The van der Waals surface area contributed by atoms with Crippen molar-refractivity contribution in [3.8, 4) is 0 Å². The third-order valence-electron chi connectivity index (χ3n) is 4.09. The highest BCUT2D eigenvalue weighted by atomic mass is 32.2. The molecule has 1 saturated heterocycles. The molecule has 9 heteroatoms. The minimum Gasteiger partial charge on any atom is -0.339 e. The van der Waals surface area contributed by atoms with E-state index in [1.807, 2.05) is 0 Å². The zero-order valence-corrected chi connectivity index (χ0v) is 14.6. The van der Waals surface area contributed by atoms with Gasteiger partial charge in [-0.25, -0.2) is 12.8 Å². The van der Waals surface area contributed by atoms with Crippen molar-refractivity contribution in [3.05, 3.63) is 41.3 Å². The van der Waals surface area contributed by atoms with E-state index >= 15 is 0 Å². The van der Waals surface area contributed by atoms with Gasteiger partial charge in [-0.15, -0.1) is 5.10 Å². The molecule has 1 aliphatic rings. The SMILES string of the molecule is CS(=O)(=O)c1snnc1C1CCN(C(=O)c2ccccc2F)CC1. The molecule has 1 amide bonds. The molecule has 2 heterocycles. The number of hydrogen-bond acceptors (Lipinski definition) is 6. The third kappa shape index (κ3) is 3.32. The first-order valence-corrected chi connectivity index (χ1v) is 10.1. The summed E-state index contributed by atoms with van der Waals surface area (Å²) in [5.74, 6) is -0.933. The van der Waals surface area contributed by atoms with Crippen LogP contribution in [0.15, 0.2) is 28.5 Å². The van der Waals surface area contributed by atoms with Crippen LogP contribution in [0.2, 0.25) is 0 Å². The molecule has 0 aliphatic carbocycles. The minimum atomic E-state index is -3.35. The van der Waals surface area contributed by atoms with Crippen molar-refractivity contribution in [2.24, 2.45) is 0 Å². The second kappa shape index (κ2) is 6.56. The highest BCUT2D eigenvalue weighted by molar-refractivity contribution is 7.92. The van der Waals surface area contributed by atoms with Crippen LogP contribution >= 0.6 is 11.5 Å². The molecule has 3 rings (SSSR count). The summed E-state index contributed by atoms with van der Waals surface area (Å²) in [5.41, 5.74) is 0.545. The normalized spacial score (nSPS) is 16.3. The Kier molecular flexibility index (Phi) is 4.64. The number of aromatic nitrogens is 2. The van der Waals surface area contributed by atoms with Gasteiger partial charge in [-0.3, -0.25) is 4.79 Å². The van der Waals surface area contributed by atoms with E-state index in [0.29, 0.717) is 31.6 Å². The van der Waals surface area contributed by atoms with Gasteiger partial charge < -0.3 is 4.90 Å². The van der Waals surface area contributed by atoms with Crippen LogP contribution in [0.3, 0.4) is 0 Å². The molecule has 1 aliphatic heterocycles. The van der Waals surface area contributed by atoms with E-state index in [-0.39, 0.29) is 21.6 Å². The van der Waals surface area contributed by atoms with Gasteiger partial charge >= 0.3 is 0 Å². The summed E-state index contributed by atoms with van der Waals surface area (Å²) in [4.78, 5) is 14.0. The summed E-state index contributed by atoms with van der Waals surface area (Å²) in [5, 5.41) is 3.97. The van der Waals surface area contributed by atoms with Crippen LogP contribution in [0.1, 0.15) is 34.8 Å². The lowest BCUT2D eigenvalue weighted by molar-refractivity contribution is 0.0706. The monoisotopic (exact) mass is 369 g/mol. The molecule has 0 radical (unpaired) electrons. The van der Waals surface area contributed by atoms with Gasteiger partial charge in [0.2, 0.25) is 0 Å². The lowest BCUT2D eigenvalue weighted by atomic mass is 9.94. The topological polar surface area (TPSA) is 80.2 Å². The third-order valence-corrected chi connectivity index (χ3v) is 6.64. The van der Waals surface area contributed by atoms with Gasteiger partial charge in [0.25, 0.3) is 5.91 Å². The van der Waals surface area contributed by atoms with Gasteiger partial charge in [0.1, 0.15) is 5.82 Å². The molecule has 128 valence electrons. The van der Waals surface area contributed by atoms with Crippen molar-refractivity contribution in [2.45, 2.75) is 23.0 Å². The second-order valence-electron chi connectivity index (χ2n) is 5.76. The average molecular weight is 369 g/mol. The summed E-state index contributed by atoms with van der Waals surface area (Å²) in [6.45, 7) is 0.858. The molecule has 24 heavy (non-hydrogen) atoms. The minimum absolute atomic E-state index is 0.0573. The maximum absolute atomic E-state index is 13.7. The standard InChI is InChI=1S/C15H16FN3O3S2/c1-24(21,22)15-13(17-18-23-15)10-6-8-19(9-7-10)14(20)11-4-2-3-5-12(11)16/h2-5,10H,6-9H2,1H3. The molecule has 1 aromatic heterocycles. The van der Waals surface area contributed by atoms with Crippen LogP contribution in [0.4, 0.5) is 4.39 Å². The molecule has 0 bridgehead atoms. The lowest BCUT2D eigenvalue weighted by Gasteiger charge is -2.31. The first kappa shape index (κ1) is 17.0.